The number of rotatable bonds is 4. The molecular weight excluding hydrogens is 284 g/mol. The molecule has 0 aliphatic carbocycles. The molecule has 3 heterocycles. The Bertz CT molecular complexity index is 668. The molecule has 0 N–H and O–H groups in total. The molecule has 1 aliphatic heterocycles. The van der Waals surface area contributed by atoms with Gasteiger partial charge in [-0.25, -0.2) is 0 Å². The number of aromatic nitrogens is 3. The lowest BCUT2D eigenvalue weighted by molar-refractivity contribution is -0.118. The van der Waals surface area contributed by atoms with Crippen molar-refractivity contribution in [2.24, 2.45) is 0 Å². The summed E-state index contributed by atoms with van der Waals surface area (Å²) in [4.78, 5) is 18.2. The molecule has 0 fully saturated rings. The number of fused-ring (bicyclic) bond motifs is 1. The maximum atomic E-state index is 12.4. The first-order chi connectivity index (χ1) is 10.6. The van der Waals surface area contributed by atoms with E-state index in [0.717, 1.165) is 0 Å². The molecule has 0 saturated heterocycles. The van der Waals surface area contributed by atoms with Crippen LogP contribution < -0.4 is 9.64 Å². The second kappa shape index (κ2) is 6.13. The fourth-order valence-electron chi connectivity index (χ4n) is 2.27. The first kappa shape index (κ1) is 14.5. The van der Waals surface area contributed by atoms with Gasteiger partial charge in [0.2, 0.25) is 17.7 Å². The Morgan fingerprint density at radius 1 is 1.41 bits per heavy atom. The van der Waals surface area contributed by atoms with Crippen molar-refractivity contribution in [2.75, 3.05) is 18.1 Å². The molecule has 1 amide bonds. The summed E-state index contributed by atoms with van der Waals surface area (Å²) in [6, 6.07) is 1.77. The van der Waals surface area contributed by atoms with Crippen LogP contribution in [0.1, 0.15) is 38.0 Å². The molecule has 0 saturated carbocycles. The predicted octanol–water partition coefficient (Wildman–Crippen LogP) is 1.95. The third-order valence-corrected chi connectivity index (χ3v) is 3.45. The minimum atomic E-state index is 0.00171. The van der Waals surface area contributed by atoms with Crippen molar-refractivity contribution in [1.29, 1.82) is 0 Å². The summed E-state index contributed by atoms with van der Waals surface area (Å²) >= 11 is 0. The number of ether oxygens (including phenoxy) is 1. The van der Waals surface area contributed by atoms with Gasteiger partial charge in [-0.15, -0.1) is 10.2 Å². The number of nitrogens with zero attached hydrogens (tertiary/aromatic N) is 4. The highest BCUT2D eigenvalue weighted by Crippen LogP contribution is 2.30. The van der Waals surface area contributed by atoms with E-state index in [-0.39, 0.29) is 11.8 Å². The van der Waals surface area contributed by atoms with E-state index < -0.39 is 0 Å². The molecule has 7 heteroatoms. The second-order valence-electron chi connectivity index (χ2n) is 5.43. The summed E-state index contributed by atoms with van der Waals surface area (Å²) in [7, 11) is 0. The zero-order chi connectivity index (χ0) is 15.5. The van der Waals surface area contributed by atoms with Gasteiger partial charge in [0, 0.05) is 31.0 Å². The number of amides is 1. The maximum Gasteiger partial charge on any atom is 0.227 e. The van der Waals surface area contributed by atoms with Crippen molar-refractivity contribution in [3.8, 4) is 5.75 Å². The summed E-state index contributed by atoms with van der Waals surface area (Å²) in [5, 5.41) is 7.94. The van der Waals surface area contributed by atoms with Gasteiger partial charge in [0.25, 0.3) is 0 Å². The Kier molecular flexibility index (Phi) is 4.04. The van der Waals surface area contributed by atoms with Gasteiger partial charge in [-0.3, -0.25) is 9.78 Å². The molecule has 116 valence electrons. The van der Waals surface area contributed by atoms with Crippen LogP contribution in [-0.4, -0.2) is 34.2 Å². The quantitative estimate of drug-likeness (QED) is 0.858. The molecule has 22 heavy (non-hydrogen) atoms. The number of anilines is 1. The summed E-state index contributed by atoms with van der Waals surface area (Å²) < 4.78 is 11.0. The molecule has 0 spiro atoms. The second-order valence-corrected chi connectivity index (χ2v) is 5.43. The highest BCUT2D eigenvalue weighted by molar-refractivity contribution is 5.95. The standard InChI is InChI=1S/C15H18N4O3/c1-10(2)15-18-17-13(22-15)3-4-14(20)19-7-8-21-12-5-6-16-9-11(12)19/h5-6,9-10H,3-4,7-8H2,1-2H3. The van der Waals surface area contributed by atoms with Gasteiger partial charge < -0.3 is 14.1 Å². The van der Waals surface area contributed by atoms with E-state index in [1.54, 1.807) is 23.4 Å². The first-order valence-corrected chi connectivity index (χ1v) is 7.34. The Morgan fingerprint density at radius 3 is 3.05 bits per heavy atom. The van der Waals surface area contributed by atoms with E-state index in [4.69, 9.17) is 9.15 Å². The van der Waals surface area contributed by atoms with Crippen molar-refractivity contribution in [3.63, 3.8) is 0 Å². The highest BCUT2D eigenvalue weighted by atomic mass is 16.5. The number of pyridine rings is 1. The molecule has 0 aromatic carbocycles. The number of hydrogen-bond acceptors (Lipinski definition) is 6. The Balaban J connectivity index is 1.65. The average Bonchev–Trinajstić information content (AvgIpc) is 3.01. The van der Waals surface area contributed by atoms with Crippen molar-refractivity contribution in [3.05, 3.63) is 30.2 Å². The molecule has 3 rings (SSSR count). The van der Waals surface area contributed by atoms with Crippen LogP contribution in [0.5, 0.6) is 5.75 Å². The summed E-state index contributed by atoms with van der Waals surface area (Å²) in [5.74, 6) is 1.98. The SMILES string of the molecule is CC(C)c1nnc(CCC(=O)N2CCOc3ccncc32)o1. The minimum Gasteiger partial charge on any atom is -0.489 e. The van der Waals surface area contributed by atoms with Gasteiger partial charge in [0.05, 0.1) is 12.7 Å². The van der Waals surface area contributed by atoms with Gasteiger partial charge >= 0.3 is 0 Å². The molecule has 2 aromatic rings. The van der Waals surface area contributed by atoms with E-state index in [0.29, 0.717) is 49.2 Å². The van der Waals surface area contributed by atoms with Crippen LogP contribution in [0.3, 0.4) is 0 Å². The number of hydrogen-bond donors (Lipinski definition) is 0. The van der Waals surface area contributed by atoms with Gasteiger partial charge in [-0.1, -0.05) is 13.8 Å². The maximum absolute atomic E-state index is 12.4. The highest BCUT2D eigenvalue weighted by Gasteiger charge is 2.24. The number of carbonyl (C=O) groups excluding carboxylic acids is 1. The minimum absolute atomic E-state index is 0.00171. The Hall–Kier alpha value is -2.44. The Morgan fingerprint density at radius 2 is 2.27 bits per heavy atom. The van der Waals surface area contributed by atoms with E-state index in [2.05, 4.69) is 15.2 Å². The Labute approximate surface area is 128 Å². The van der Waals surface area contributed by atoms with E-state index in [1.165, 1.54) is 0 Å². The van der Waals surface area contributed by atoms with Gasteiger partial charge in [-0.05, 0) is 0 Å². The molecule has 0 radical (unpaired) electrons. The smallest absolute Gasteiger partial charge is 0.227 e. The first-order valence-electron chi connectivity index (χ1n) is 7.34. The van der Waals surface area contributed by atoms with E-state index in [1.807, 2.05) is 13.8 Å². The van der Waals surface area contributed by atoms with Crippen LogP contribution in [0.15, 0.2) is 22.9 Å². The van der Waals surface area contributed by atoms with Crippen molar-refractivity contribution in [1.82, 2.24) is 15.2 Å². The van der Waals surface area contributed by atoms with Crippen LogP contribution in [0.25, 0.3) is 0 Å². The summed E-state index contributed by atoms with van der Waals surface area (Å²) in [6.07, 6.45) is 4.05. The van der Waals surface area contributed by atoms with Crippen LogP contribution in [-0.2, 0) is 11.2 Å². The predicted molar refractivity (Wildman–Crippen MR) is 78.8 cm³/mol. The van der Waals surface area contributed by atoms with Crippen LogP contribution in [0, 0.1) is 0 Å². The largest absolute Gasteiger partial charge is 0.489 e. The molecule has 0 bridgehead atoms. The lowest BCUT2D eigenvalue weighted by Crippen LogP contribution is -2.38. The molecule has 7 nitrogen and oxygen atoms in total. The summed E-state index contributed by atoms with van der Waals surface area (Å²) in [6.45, 7) is 4.99. The molecular formula is C15H18N4O3. The summed E-state index contributed by atoms with van der Waals surface area (Å²) in [5.41, 5.74) is 0.715. The van der Waals surface area contributed by atoms with Crippen molar-refractivity contribution >= 4 is 11.6 Å². The number of aryl methyl sites for hydroxylation is 1. The zero-order valence-corrected chi connectivity index (χ0v) is 12.7. The fourth-order valence-corrected chi connectivity index (χ4v) is 2.27. The monoisotopic (exact) mass is 302 g/mol. The van der Waals surface area contributed by atoms with Crippen molar-refractivity contribution < 1.29 is 13.9 Å². The topological polar surface area (TPSA) is 81.4 Å². The third-order valence-electron chi connectivity index (χ3n) is 3.45. The third kappa shape index (κ3) is 2.93. The molecule has 2 aromatic heterocycles. The lowest BCUT2D eigenvalue weighted by Gasteiger charge is -2.28. The van der Waals surface area contributed by atoms with E-state index >= 15 is 0 Å². The normalized spacial score (nSPS) is 13.9. The van der Waals surface area contributed by atoms with Gasteiger partial charge in [0.15, 0.2) is 0 Å². The van der Waals surface area contributed by atoms with Gasteiger partial charge in [-0.2, -0.15) is 0 Å². The van der Waals surface area contributed by atoms with Crippen LogP contribution in [0.2, 0.25) is 0 Å². The molecule has 0 atom stereocenters. The van der Waals surface area contributed by atoms with Gasteiger partial charge in [0.1, 0.15) is 18.0 Å². The lowest BCUT2D eigenvalue weighted by atomic mass is 10.2. The van der Waals surface area contributed by atoms with Crippen molar-refractivity contribution in [2.45, 2.75) is 32.6 Å². The molecule has 1 aliphatic rings. The van der Waals surface area contributed by atoms with E-state index in [9.17, 15) is 4.79 Å². The van der Waals surface area contributed by atoms with Crippen LogP contribution >= 0.6 is 0 Å². The zero-order valence-electron chi connectivity index (χ0n) is 12.7. The average molecular weight is 302 g/mol. The fraction of sp³-hybridized carbons (Fsp3) is 0.467. The van der Waals surface area contributed by atoms with Crippen LogP contribution in [0.4, 0.5) is 5.69 Å². The number of carbonyl (C=O) groups is 1. The molecule has 0 unspecified atom stereocenters.